The lowest BCUT2D eigenvalue weighted by Crippen LogP contribution is -1.68. The van der Waals surface area contributed by atoms with Gasteiger partial charge in [-0.05, 0) is 13.8 Å². The first kappa shape index (κ1) is 4.78. The number of thiazole rings is 1. The van der Waals surface area contributed by atoms with Gasteiger partial charge in [0.05, 0.1) is 5.69 Å². The fraction of sp³-hybridized carbons (Fsp3) is 0.400. The van der Waals surface area contributed by atoms with Gasteiger partial charge in [0.1, 0.15) is 0 Å². The highest BCUT2D eigenvalue weighted by Gasteiger charge is 1.89. The summed E-state index contributed by atoms with van der Waals surface area (Å²) in [7, 11) is 0. The van der Waals surface area contributed by atoms with Gasteiger partial charge in [-0.3, -0.25) is 0 Å². The van der Waals surface area contributed by atoms with Crippen LogP contribution in [0.15, 0.2) is 0 Å². The van der Waals surface area contributed by atoms with Crippen LogP contribution in [0.25, 0.3) is 0 Å². The van der Waals surface area contributed by atoms with Crippen LogP contribution >= 0.6 is 11.3 Å². The smallest absolute Gasteiger partial charge is 0.152 e. The molecule has 0 aromatic carbocycles. The lowest BCUT2D eigenvalue weighted by molar-refractivity contribution is 1.22. The highest BCUT2D eigenvalue weighted by molar-refractivity contribution is 7.09. The van der Waals surface area contributed by atoms with Gasteiger partial charge in [-0.2, -0.15) is 0 Å². The fourth-order valence-electron chi connectivity index (χ4n) is 0.312. The van der Waals surface area contributed by atoms with Crippen LogP contribution in [0.5, 0.6) is 0 Å². The maximum Gasteiger partial charge on any atom is 0.152 e. The molecule has 1 radical (unpaired) electrons. The molecule has 0 atom stereocenters. The molecule has 0 aliphatic carbocycles. The Morgan fingerprint density at radius 2 is 2.29 bits per heavy atom. The number of nitrogens with zero attached hydrogens (tertiary/aromatic N) is 1. The second kappa shape index (κ2) is 1.62. The van der Waals surface area contributed by atoms with Gasteiger partial charge in [-0.25, -0.2) is 4.98 Å². The summed E-state index contributed by atoms with van der Waals surface area (Å²) in [6, 6.07) is 0. The van der Waals surface area contributed by atoms with Gasteiger partial charge in [-0.15, -0.1) is 11.3 Å². The number of hydrogen-bond acceptors (Lipinski definition) is 2. The lowest BCUT2D eigenvalue weighted by atomic mass is 10.4. The van der Waals surface area contributed by atoms with Gasteiger partial charge in [0, 0.05) is 4.88 Å². The van der Waals surface area contributed by atoms with E-state index in [2.05, 4.69) is 10.5 Å². The van der Waals surface area contributed by atoms with E-state index in [9.17, 15) is 0 Å². The molecule has 37 valence electrons. The highest BCUT2D eigenvalue weighted by atomic mass is 32.1. The molecule has 1 heterocycles. The van der Waals surface area contributed by atoms with Crippen molar-refractivity contribution in [1.82, 2.24) is 4.98 Å². The predicted molar refractivity (Wildman–Crippen MR) is 30.4 cm³/mol. The molecule has 0 aliphatic rings. The summed E-state index contributed by atoms with van der Waals surface area (Å²) in [5, 5.41) is 0. The Morgan fingerprint density at radius 3 is 2.43 bits per heavy atom. The Hall–Kier alpha value is -0.370. The van der Waals surface area contributed by atoms with Crippen molar-refractivity contribution in [3.05, 3.63) is 16.1 Å². The zero-order valence-electron chi connectivity index (χ0n) is 4.36. The average Bonchev–Trinajstić information content (AvgIpc) is 1.91. The van der Waals surface area contributed by atoms with Gasteiger partial charge < -0.3 is 0 Å². The van der Waals surface area contributed by atoms with E-state index < -0.39 is 0 Å². The van der Waals surface area contributed by atoms with E-state index in [-0.39, 0.29) is 0 Å². The molecule has 1 aromatic heterocycles. The van der Waals surface area contributed by atoms with Gasteiger partial charge in [0.25, 0.3) is 0 Å². The normalized spacial score (nSPS) is 9.43. The molecule has 0 aliphatic heterocycles. The maximum absolute atomic E-state index is 3.91. The molecule has 1 nitrogen and oxygen atoms in total. The largest absolute Gasteiger partial charge is 0.239 e. The van der Waals surface area contributed by atoms with Crippen molar-refractivity contribution in [3.8, 4) is 0 Å². The first-order valence-electron chi connectivity index (χ1n) is 2.11. The van der Waals surface area contributed by atoms with Crippen molar-refractivity contribution in [2.45, 2.75) is 13.8 Å². The molecule has 0 saturated carbocycles. The molecule has 0 amide bonds. The maximum atomic E-state index is 3.91. The monoisotopic (exact) mass is 112 g/mol. The molecule has 0 saturated heterocycles. The standard InChI is InChI=1S/C5H6NS/c1-4-5(2)7-3-6-4/h1-2H3. The number of rotatable bonds is 0. The average molecular weight is 112 g/mol. The third kappa shape index (κ3) is 0.800. The molecule has 0 N–H and O–H groups in total. The number of hydrogen-bond donors (Lipinski definition) is 0. The van der Waals surface area contributed by atoms with E-state index >= 15 is 0 Å². The quantitative estimate of drug-likeness (QED) is 0.496. The summed E-state index contributed by atoms with van der Waals surface area (Å²) in [5.41, 5.74) is 3.89. The molecule has 0 unspecified atom stereocenters. The highest BCUT2D eigenvalue weighted by Crippen LogP contribution is 2.07. The minimum Gasteiger partial charge on any atom is -0.239 e. The van der Waals surface area contributed by atoms with Gasteiger partial charge in [0.2, 0.25) is 0 Å². The van der Waals surface area contributed by atoms with E-state index in [0.717, 1.165) is 5.69 Å². The Morgan fingerprint density at radius 1 is 1.57 bits per heavy atom. The SMILES string of the molecule is Cc1n[c]sc1C. The Balaban J connectivity index is 3.12. The van der Waals surface area contributed by atoms with Crippen molar-refractivity contribution < 1.29 is 0 Å². The van der Waals surface area contributed by atoms with Crippen molar-refractivity contribution in [3.63, 3.8) is 0 Å². The fourth-order valence-corrected chi connectivity index (χ4v) is 0.825. The molecule has 1 rings (SSSR count). The molecule has 0 fully saturated rings. The second-order valence-electron chi connectivity index (χ2n) is 1.45. The molecule has 0 spiro atoms. The van der Waals surface area contributed by atoms with Crippen molar-refractivity contribution in [2.24, 2.45) is 0 Å². The van der Waals surface area contributed by atoms with Crippen LogP contribution in [0, 0.1) is 19.4 Å². The predicted octanol–water partition coefficient (Wildman–Crippen LogP) is 1.56. The Bertz CT molecular complexity index is 140. The van der Waals surface area contributed by atoms with E-state index in [4.69, 9.17) is 0 Å². The number of aromatic nitrogens is 1. The van der Waals surface area contributed by atoms with Crippen LogP contribution in [0.4, 0.5) is 0 Å². The van der Waals surface area contributed by atoms with Crippen LogP contribution in [-0.4, -0.2) is 4.98 Å². The van der Waals surface area contributed by atoms with Crippen LogP contribution in [0.1, 0.15) is 10.6 Å². The van der Waals surface area contributed by atoms with Crippen LogP contribution < -0.4 is 0 Å². The van der Waals surface area contributed by atoms with Crippen molar-refractivity contribution in [2.75, 3.05) is 0 Å². The lowest BCUT2D eigenvalue weighted by Gasteiger charge is -1.77. The van der Waals surface area contributed by atoms with Crippen molar-refractivity contribution >= 4 is 11.3 Å². The van der Waals surface area contributed by atoms with Crippen LogP contribution in [0.3, 0.4) is 0 Å². The minimum atomic E-state index is 1.10. The number of aryl methyl sites for hydroxylation is 2. The first-order chi connectivity index (χ1) is 3.30. The van der Waals surface area contributed by atoms with Crippen LogP contribution in [-0.2, 0) is 0 Å². The zero-order chi connectivity index (χ0) is 5.28. The Labute approximate surface area is 47.0 Å². The van der Waals surface area contributed by atoms with E-state index in [0.29, 0.717) is 0 Å². The zero-order valence-corrected chi connectivity index (χ0v) is 5.17. The summed E-state index contributed by atoms with van der Waals surface area (Å²) < 4.78 is 0. The van der Waals surface area contributed by atoms with E-state index in [1.54, 1.807) is 11.3 Å². The summed E-state index contributed by atoms with van der Waals surface area (Å²) >= 11 is 1.57. The molecule has 7 heavy (non-hydrogen) atoms. The Kier molecular flexibility index (Phi) is 1.11. The van der Waals surface area contributed by atoms with Gasteiger partial charge in [-0.1, -0.05) is 0 Å². The molecular formula is C5H6NS. The third-order valence-electron chi connectivity index (χ3n) is 0.922. The van der Waals surface area contributed by atoms with E-state index in [1.165, 1.54) is 4.88 Å². The van der Waals surface area contributed by atoms with Gasteiger partial charge >= 0.3 is 0 Å². The summed E-state index contributed by atoms with van der Waals surface area (Å²) in [4.78, 5) is 5.17. The van der Waals surface area contributed by atoms with Crippen molar-refractivity contribution in [1.29, 1.82) is 0 Å². The molecule has 1 aromatic rings. The summed E-state index contributed by atoms with van der Waals surface area (Å²) in [5.74, 6) is 0. The molecule has 0 bridgehead atoms. The summed E-state index contributed by atoms with van der Waals surface area (Å²) in [6.45, 7) is 4.03. The molecule has 2 heteroatoms. The first-order valence-corrected chi connectivity index (χ1v) is 2.92. The van der Waals surface area contributed by atoms with E-state index in [1.807, 2.05) is 13.8 Å². The van der Waals surface area contributed by atoms with Crippen LogP contribution in [0.2, 0.25) is 0 Å². The topological polar surface area (TPSA) is 12.9 Å². The molecular weight excluding hydrogens is 106 g/mol. The second-order valence-corrected chi connectivity index (χ2v) is 2.45. The third-order valence-corrected chi connectivity index (χ3v) is 1.71. The minimum absolute atomic E-state index is 1.10. The van der Waals surface area contributed by atoms with Gasteiger partial charge in [0.15, 0.2) is 5.51 Å². The summed E-state index contributed by atoms with van der Waals surface area (Å²) in [6.07, 6.45) is 0.